The normalized spacial score (nSPS) is 11.2. The monoisotopic (exact) mass is 295 g/mol. The number of likely N-dealkylation sites (N-methyl/N-ethyl adjacent to an activating group) is 1. The number of hydrogen-bond donors (Lipinski definition) is 1. The summed E-state index contributed by atoms with van der Waals surface area (Å²) < 4.78 is 24.3. The first-order chi connectivity index (χ1) is 9.39. The second-order valence-electron chi connectivity index (χ2n) is 4.29. The maximum absolute atomic E-state index is 12.2. The van der Waals surface area contributed by atoms with Crippen LogP contribution in [0, 0.1) is 11.3 Å². The van der Waals surface area contributed by atoms with E-state index in [-0.39, 0.29) is 23.7 Å². The molecule has 0 aliphatic rings. The van der Waals surface area contributed by atoms with Crippen LogP contribution in [0.2, 0.25) is 0 Å². The molecule has 0 fully saturated rings. The molecule has 0 saturated carbocycles. The Morgan fingerprint density at radius 2 is 2.15 bits per heavy atom. The van der Waals surface area contributed by atoms with Gasteiger partial charge in [-0.25, -0.2) is 8.42 Å². The average Bonchev–Trinajstić information content (AvgIpc) is 2.43. The van der Waals surface area contributed by atoms with Gasteiger partial charge in [-0.1, -0.05) is 13.0 Å². The third kappa shape index (κ3) is 4.64. The summed E-state index contributed by atoms with van der Waals surface area (Å²) in [5, 5.41) is 8.78. The fourth-order valence-electron chi connectivity index (χ4n) is 1.70. The van der Waals surface area contributed by atoms with Gasteiger partial charge in [-0.15, -0.1) is 0 Å². The molecule has 0 saturated heterocycles. The molecule has 0 radical (unpaired) electrons. The molecule has 2 N–H and O–H groups in total. The van der Waals surface area contributed by atoms with Crippen molar-refractivity contribution in [2.45, 2.75) is 11.8 Å². The zero-order valence-corrected chi connectivity index (χ0v) is 12.1. The van der Waals surface area contributed by atoms with E-state index in [0.717, 1.165) is 0 Å². The van der Waals surface area contributed by atoms with Gasteiger partial charge in [0, 0.05) is 6.54 Å². The van der Waals surface area contributed by atoms with Crippen LogP contribution in [0.5, 0.6) is 0 Å². The topological polar surface area (TPSA) is 104 Å². The minimum absolute atomic E-state index is 0.0320. The summed E-state index contributed by atoms with van der Waals surface area (Å²) in [4.78, 5) is 12.6. The number of carbonyl (C=O) groups is 1. The van der Waals surface area contributed by atoms with E-state index in [0.29, 0.717) is 12.1 Å². The quantitative estimate of drug-likeness (QED) is 0.770. The molecule has 1 aromatic rings. The molecular weight excluding hydrogens is 278 g/mol. The van der Waals surface area contributed by atoms with Gasteiger partial charge in [0.05, 0.1) is 28.8 Å². The molecular formula is C13H17N3O3S. The van der Waals surface area contributed by atoms with Crippen LogP contribution in [-0.4, -0.2) is 44.6 Å². The zero-order valence-electron chi connectivity index (χ0n) is 11.2. The van der Waals surface area contributed by atoms with Gasteiger partial charge in [0.2, 0.25) is 5.91 Å². The number of carbonyl (C=O) groups excluding carboxylic acids is 1. The lowest BCUT2D eigenvalue weighted by Crippen LogP contribution is -2.36. The number of nitrogens with two attached hydrogens (primary N) is 1. The van der Waals surface area contributed by atoms with Crippen molar-refractivity contribution >= 4 is 15.7 Å². The second kappa shape index (κ2) is 7.03. The molecule has 1 rings (SSSR count). The summed E-state index contributed by atoms with van der Waals surface area (Å²) in [5.41, 5.74) is 5.39. The molecule has 0 bridgehead atoms. The van der Waals surface area contributed by atoms with E-state index in [2.05, 4.69) is 0 Å². The van der Waals surface area contributed by atoms with Crippen LogP contribution >= 0.6 is 0 Å². The Bertz CT molecular complexity index is 620. The van der Waals surface area contributed by atoms with Crippen molar-refractivity contribution in [2.75, 3.05) is 25.4 Å². The number of benzene rings is 1. The van der Waals surface area contributed by atoms with Gasteiger partial charge in [0.25, 0.3) is 0 Å². The summed E-state index contributed by atoms with van der Waals surface area (Å²) in [5.74, 6) is -0.612. The van der Waals surface area contributed by atoms with Crippen molar-refractivity contribution in [3.05, 3.63) is 29.8 Å². The van der Waals surface area contributed by atoms with Crippen molar-refractivity contribution in [1.82, 2.24) is 4.90 Å². The summed E-state index contributed by atoms with van der Waals surface area (Å²) in [6, 6.07) is 7.79. The zero-order chi connectivity index (χ0) is 15.2. The van der Waals surface area contributed by atoms with Crippen LogP contribution in [0.3, 0.4) is 0 Å². The molecule has 0 aliphatic heterocycles. The Morgan fingerprint density at radius 3 is 2.70 bits per heavy atom. The Balaban J connectivity index is 2.79. The van der Waals surface area contributed by atoms with E-state index in [4.69, 9.17) is 11.0 Å². The van der Waals surface area contributed by atoms with Gasteiger partial charge < -0.3 is 5.73 Å². The smallest absolute Gasteiger partial charge is 0.231 e. The summed E-state index contributed by atoms with van der Waals surface area (Å²) in [6.07, 6.45) is 0. The highest BCUT2D eigenvalue weighted by molar-refractivity contribution is 7.91. The first-order valence-corrected chi connectivity index (χ1v) is 7.78. The number of nitriles is 1. The molecule has 0 unspecified atom stereocenters. The SMILES string of the molecule is CCN(CCS(=O)(=O)c1cccc(C#N)c1)CC(N)=O. The molecule has 6 nitrogen and oxygen atoms in total. The minimum atomic E-state index is -3.48. The highest BCUT2D eigenvalue weighted by atomic mass is 32.2. The highest BCUT2D eigenvalue weighted by Gasteiger charge is 2.17. The Kier molecular flexibility index (Phi) is 5.67. The molecule has 20 heavy (non-hydrogen) atoms. The third-order valence-electron chi connectivity index (χ3n) is 2.83. The van der Waals surface area contributed by atoms with Crippen molar-refractivity contribution < 1.29 is 13.2 Å². The molecule has 0 aliphatic carbocycles. The third-order valence-corrected chi connectivity index (χ3v) is 4.52. The van der Waals surface area contributed by atoms with E-state index in [1.54, 1.807) is 11.0 Å². The van der Waals surface area contributed by atoms with Gasteiger partial charge in [-0.05, 0) is 24.7 Å². The predicted molar refractivity (Wildman–Crippen MR) is 74.5 cm³/mol. The number of sulfone groups is 1. The van der Waals surface area contributed by atoms with Crippen LogP contribution < -0.4 is 5.73 Å². The van der Waals surface area contributed by atoms with Crippen molar-refractivity contribution in [2.24, 2.45) is 5.73 Å². The standard InChI is InChI=1S/C13H17N3O3S/c1-2-16(10-13(15)17)6-7-20(18,19)12-5-3-4-11(8-12)9-14/h3-5,8H,2,6-7,10H2,1H3,(H2,15,17). The van der Waals surface area contributed by atoms with E-state index in [1.165, 1.54) is 18.2 Å². The maximum Gasteiger partial charge on any atom is 0.231 e. The van der Waals surface area contributed by atoms with Crippen LogP contribution in [0.15, 0.2) is 29.2 Å². The molecule has 0 aromatic heterocycles. The molecule has 0 atom stereocenters. The van der Waals surface area contributed by atoms with Gasteiger partial charge in [-0.3, -0.25) is 9.69 Å². The van der Waals surface area contributed by atoms with E-state index >= 15 is 0 Å². The van der Waals surface area contributed by atoms with Crippen LogP contribution in [0.4, 0.5) is 0 Å². The molecule has 108 valence electrons. The lowest BCUT2D eigenvalue weighted by molar-refractivity contribution is -0.119. The van der Waals surface area contributed by atoms with E-state index in [1.807, 2.05) is 13.0 Å². The molecule has 1 amide bonds. The van der Waals surface area contributed by atoms with Gasteiger partial charge in [0.1, 0.15) is 0 Å². The van der Waals surface area contributed by atoms with Crippen molar-refractivity contribution in [3.8, 4) is 6.07 Å². The largest absolute Gasteiger partial charge is 0.369 e. The second-order valence-corrected chi connectivity index (χ2v) is 6.40. The lowest BCUT2D eigenvalue weighted by atomic mass is 10.2. The molecule has 7 heteroatoms. The highest BCUT2D eigenvalue weighted by Crippen LogP contribution is 2.13. The predicted octanol–water partition coefficient (Wildman–Crippen LogP) is 0.139. The molecule has 1 aromatic carbocycles. The van der Waals surface area contributed by atoms with Crippen molar-refractivity contribution in [1.29, 1.82) is 5.26 Å². The number of nitrogens with zero attached hydrogens (tertiary/aromatic N) is 2. The molecule has 0 spiro atoms. The van der Waals surface area contributed by atoms with Crippen LogP contribution in [0.25, 0.3) is 0 Å². The fraction of sp³-hybridized carbons (Fsp3) is 0.385. The number of primary amides is 1. The fourth-order valence-corrected chi connectivity index (χ4v) is 3.02. The van der Waals surface area contributed by atoms with Crippen LogP contribution in [-0.2, 0) is 14.6 Å². The minimum Gasteiger partial charge on any atom is -0.369 e. The van der Waals surface area contributed by atoms with Gasteiger partial charge in [0.15, 0.2) is 9.84 Å². The lowest BCUT2D eigenvalue weighted by Gasteiger charge is -2.18. The van der Waals surface area contributed by atoms with Gasteiger partial charge in [-0.2, -0.15) is 5.26 Å². The number of amides is 1. The Hall–Kier alpha value is -1.91. The van der Waals surface area contributed by atoms with E-state index < -0.39 is 15.7 Å². The number of hydrogen-bond acceptors (Lipinski definition) is 5. The summed E-state index contributed by atoms with van der Waals surface area (Å²) in [7, 11) is -3.48. The van der Waals surface area contributed by atoms with Gasteiger partial charge >= 0.3 is 0 Å². The number of rotatable bonds is 7. The van der Waals surface area contributed by atoms with Crippen molar-refractivity contribution in [3.63, 3.8) is 0 Å². The van der Waals surface area contributed by atoms with Crippen LogP contribution in [0.1, 0.15) is 12.5 Å². The first-order valence-electron chi connectivity index (χ1n) is 6.12. The summed E-state index contributed by atoms with van der Waals surface area (Å²) >= 11 is 0. The average molecular weight is 295 g/mol. The maximum atomic E-state index is 12.2. The Labute approximate surface area is 118 Å². The first kappa shape index (κ1) is 16.1. The Morgan fingerprint density at radius 1 is 1.45 bits per heavy atom. The summed E-state index contributed by atoms with van der Waals surface area (Å²) in [6.45, 7) is 2.62. The molecule has 0 heterocycles. The van der Waals surface area contributed by atoms with E-state index in [9.17, 15) is 13.2 Å².